The van der Waals surface area contributed by atoms with Crippen LogP contribution in [0.4, 0.5) is 5.69 Å². The molecular weight excluding hydrogens is 220 g/mol. The highest BCUT2D eigenvalue weighted by molar-refractivity contribution is 6.02. The maximum Gasteiger partial charge on any atom is 0.231 e. The first-order valence-corrected chi connectivity index (χ1v) is 5.57. The van der Waals surface area contributed by atoms with Crippen LogP contribution in [0.2, 0.25) is 0 Å². The number of hydrogen-bond donors (Lipinski definition) is 3. The van der Waals surface area contributed by atoms with Crippen LogP contribution >= 0.6 is 0 Å². The van der Waals surface area contributed by atoms with Crippen molar-refractivity contribution in [2.45, 2.75) is 19.0 Å². The Labute approximate surface area is 99.5 Å². The van der Waals surface area contributed by atoms with E-state index in [1.54, 1.807) is 0 Å². The standard InChI is InChI=1S/C12H16N2O3/c13-5-8-1-2-11-9(3-8)4-12(17)14(11)10(6-15)7-16/h1-3,10,15-16H,4-7,13H2. The zero-order valence-electron chi connectivity index (χ0n) is 9.47. The Morgan fingerprint density at radius 2 is 2.06 bits per heavy atom. The zero-order chi connectivity index (χ0) is 12.4. The molecule has 1 heterocycles. The Bertz CT molecular complexity index is 430. The molecule has 92 valence electrons. The number of nitrogens with zero attached hydrogens (tertiary/aromatic N) is 1. The number of rotatable bonds is 4. The van der Waals surface area contributed by atoms with Crippen LogP contribution in [0.25, 0.3) is 0 Å². The van der Waals surface area contributed by atoms with E-state index in [-0.39, 0.29) is 19.1 Å². The highest BCUT2D eigenvalue weighted by Crippen LogP contribution is 2.31. The normalized spacial score (nSPS) is 14.6. The van der Waals surface area contributed by atoms with E-state index in [1.165, 1.54) is 4.90 Å². The molecule has 0 atom stereocenters. The van der Waals surface area contributed by atoms with Gasteiger partial charge in [-0.2, -0.15) is 0 Å². The third kappa shape index (κ3) is 2.04. The number of aliphatic hydroxyl groups excluding tert-OH is 2. The second-order valence-electron chi connectivity index (χ2n) is 4.13. The van der Waals surface area contributed by atoms with E-state index < -0.39 is 6.04 Å². The topological polar surface area (TPSA) is 86.8 Å². The lowest BCUT2D eigenvalue weighted by Crippen LogP contribution is -2.42. The van der Waals surface area contributed by atoms with Crippen molar-refractivity contribution in [1.82, 2.24) is 0 Å². The SMILES string of the molecule is NCc1ccc2c(c1)CC(=O)N2C(CO)CO. The summed E-state index contributed by atoms with van der Waals surface area (Å²) in [6, 6.07) is 5.02. The van der Waals surface area contributed by atoms with Crippen molar-refractivity contribution in [3.05, 3.63) is 29.3 Å². The zero-order valence-corrected chi connectivity index (χ0v) is 9.47. The molecule has 0 spiro atoms. The average Bonchev–Trinajstić information content (AvgIpc) is 2.67. The molecule has 1 aromatic carbocycles. The minimum Gasteiger partial charge on any atom is -0.394 e. The highest BCUT2D eigenvalue weighted by Gasteiger charge is 2.32. The molecule has 1 aromatic rings. The third-order valence-electron chi connectivity index (χ3n) is 3.04. The lowest BCUT2D eigenvalue weighted by atomic mass is 10.1. The maximum atomic E-state index is 11.9. The van der Waals surface area contributed by atoms with E-state index in [9.17, 15) is 4.79 Å². The van der Waals surface area contributed by atoms with Crippen LogP contribution in [0.15, 0.2) is 18.2 Å². The molecule has 1 aliphatic rings. The number of amides is 1. The van der Waals surface area contributed by atoms with Gasteiger partial charge in [0.05, 0.1) is 25.7 Å². The van der Waals surface area contributed by atoms with Crippen molar-refractivity contribution in [2.24, 2.45) is 5.73 Å². The first-order chi connectivity index (χ1) is 8.21. The summed E-state index contributed by atoms with van der Waals surface area (Å²) >= 11 is 0. The average molecular weight is 236 g/mol. The van der Waals surface area contributed by atoms with Crippen LogP contribution in [0.5, 0.6) is 0 Å². The quantitative estimate of drug-likeness (QED) is 0.650. The fourth-order valence-corrected chi connectivity index (χ4v) is 2.15. The molecule has 1 amide bonds. The molecule has 0 unspecified atom stereocenters. The molecule has 0 saturated heterocycles. The molecule has 0 fully saturated rings. The van der Waals surface area contributed by atoms with Crippen molar-refractivity contribution in [1.29, 1.82) is 0 Å². The smallest absolute Gasteiger partial charge is 0.231 e. The van der Waals surface area contributed by atoms with Gasteiger partial charge in [0.2, 0.25) is 5.91 Å². The number of carbonyl (C=O) groups excluding carboxylic acids is 1. The summed E-state index contributed by atoms with van der Waals surface area (Å²) in [7, 11) is 0. The number of hydrogen-bond acceptors (Lipinski definition) is 4. The first kappa shape index (κ1) is 12.0. The lowest BCUT2D eigenvalue weighted by Gasteiger charge is -2.25. The molecule has 0 radical (unpaired) electrons. The fraction of sp³-hybridized carbons (Fsp3) is 0.417. The van der Waals surface area contributed by atoms with Gasteiger partial charge >= 0.3 is 0 Å². The van der Waals surface area contributed by atoms with E-state index in [4.69, 9.17) is 15.9 Å². The van der Waals surface area contributed by atoms with E-state index in [1.807, 2.05) is 18.2 Å². The predicted molar refractivity (Wildman–Crippen MR) is 63.5 cm³/mol. The second kappa shape index (κ2) is 4.83. The number of carbonyl (C=O) groups is 1. The highest BCUT2D eigenvalue weighted by atomic mass is 16.3. The molecule has 0 bridgehead atoms. The Morgan fingerprint density at radius 3 is 2.65 bits per heavy atom. The number of fused-ring (bicyclic) bond motifs is 1. The summed E-state index contributed by atoms with van der Waals surface area (Å²) in [5, 5.41) is 18.3. The number of anilines is 1. The molecule has 2 rings (SSSR count). The van der Waals surface area contributed by atoms with E-state index in [0.717, 1.165) is 16.8 Å². The summed E-state index contributed by atoms with van der Waals surface area (Å²) in [5.74, 6) is -0.0951. The van der Waals surface area contributed by atoms with Crippen molar-refractivity contribution >= 4 is 11.6 Å². The third-order valence-corrected chi connectivity index (χ3v) is 3.04. The maximum absolute atomic E-state index is 11.9. The van der Waals surface area contributed by atoms with Gasteiger partial charge in [-0.15, -0.1) is 0 Å². The Balaban J connectivity index is 2.37. The number of benzene rings is 1. The minimum atomic E-state index is -0.563. The van der Waals surface area contributed by atoms with Crippen LogP contribution in [-0.2, 0) is 17.8 Å². The summed E-state index contributed by atoms with van der Waals surface area (Å²) in [6.45, 7) is -0.0639. The van der Waals surface area contributed by atoms with Crippen molar-refractivity contribution in [2.75, 3.05) is 18.1 Å². The van der Waals surface area contributed by atoms with E-state index in [2.05, 4.69) is 0 Å². The summed E-state index contributed by atoms with van der Waals surface area (Å²) < 4.78 is 0. The van der Waals surface area contributed by atoms with Gasteiger partial charge in [-0.1, -0.05) is 12.1 Å². The van der Waals surface area contributed by atoms with Gasteiger partial charge in [0, 0.05) is 12.2 Å². The number of nitrogens with two attached hydrogens (primary N) is 1. The van der Waals surface area contributed by atoms with E-state index >= 15 is 0 Å². The molecule has 5 nitrogen and oxygen atoms in total. The first-order valence-electron chi connectivity index (χ1n) is 5.57. The number of aliphatic hydroxyl groups is 2. The molecule has 0 aromatic heterocycles. The van der Waals surface area contributed by atoms with Crippen LogP contribution in [-0.4, -0.2) is 35.4 Å². The van der Waals surface area contributed by atoms with Gasteiger partial charge in [-0.3, -0.25) is 4.79 Å². The molecule has 4 N–H and O–H groups in total. The van der Waals surface area contributed by atoms with Gasteiger partial charge < -0.3 is 20.8 Å². The molecule has 1 aliphatic heterocycles. The minimum absolute atomic E-state index is 0.0951. The molecule has 5 heteroatoms. The molecule has 0 saturated carbocycles. The Hall–Kier alpha value is -1.43. The predicted octanol–water partition coefficient (Wildman–Crippen LogP) is -0.612. The Kier molecular flexibility index (Phi) is 3.42. The monoisotopic (exact) mass is 236 g/mol. The van der Waals surface area contributed by atoms with Gasteiger partial charge in [-0.25, -0.2) is 0 Å². The van der Waals surface area contributed by atoms with Gasteiger partial charge in [0.1, 0.15) is 0 Å². The van der Waals surface area contributed by atoms with Crippen LogP contribution in [0.3, 0.4) is 0 Å². The second-order valence-corrected chi connectivity index (χ2v) is 4.13. The Morgan fingerprint density at radius 1 is 1.35 bits per heavy atom. The van der Waals surface area contributed by atoms with Crippen LogP contribution in [0.1, 0.15) is 11.1 Å². The van der Waals surface area contributed by atoms with Gasteiger partial charge in [0.15, 0.2) is 0 Å². The van der Waals surface area contributed by atoms with Gasteiger partial charge in [-0.05, 0) is 17.2 Å². The molecular formula is C12H16N2O3. The van der Waals surface area contributed by atoms with Crippen molar-refractivity contribution in [3.8, 4) is 0 Å². The van der Waals surface area contributed by atoms with Crippen LogP contribution < -0.4 is 10.6 Å². The largest absolute Gasteiger partial charge is 0.394 e. The fourth-order valence-electron chi connectivity index (χ4n) is 2.15. The summed E-state index contributed by atoms with van der Waals surface area (Å²) in [6.07, 6.45) is 0.305. The van der Waals surface area contributed by atoms with Crippen molar-refractivity contribution < 1.29 is 15.0 Å². The van der Waals surface area contributed by atoms with E-state index in [0.29, 0.717) is 13.0 Å². The summed E-state index contributed by atoms with van der Waals surface area (Å²) in [5.41, 5.74) is 8.19. The summed E-state index contributed by atoms with van der Waals surface area (Å²) in [4.78, 5) is 13.3. The van der Waals surface area contributed by atoms with Crippen LogP contribution in [0, 0.1) is 0 Å². The van der Waals surface area contributed by atoms with Crippen molar-refractivity contribution in [3.63, 3.8) is 0 Å². The lowest BCUT2D eigenvalue weighted by molar-refractivity contribution is -0.118. The molecule has 17 heavy (non-hydrogen) atoms. The van der Waals surface area contributed by atoms with Gasteiger partial charge in [0.25, 0.3) is 0 Å². The molecule has 0 aliphatic carbocycles.